The Bertz CT molecular complexity index is 184. The Hall–Kier alpha value is -0.900. The van der Waals surface area contributed by atoms with Crippen molar-refractivity contribution in [3.8, 4) is 0 Å². The molecule has 0 aromatic rings. The van der Waals surface area contributed by atoms with E-state index in [1.54, 1.807) is 0 Å². The Balaban J connectivity index is 2.22. The molecule has 4 heteroatoms. The third-order valence-corrected chi connectivity index (χ3v) is 1.77. The van der Waals surface area contributed by atoms with Crippen LogP contribution in [0.4, 0.5) is 0 Å². The summed E-state index contributed by atoms with van der Waals surface area (Å²) < 4.78 is 0. The number of carbonyl (C=O) groups excluding carboxylic acids is 2. The second-order valence-electron chi connectivity index (χ2n) is 2.85. The Morgan fingerprint density at radius 3 is 2.36 bits per heavy atom. The summed E-state index contributed by atoms with van der Waals surface area (Å²) in [7, 11) is 0. The van der Waals surface area contributed by atoms with Crippen molar-refractivity contribution in [2.24, 2.45) is 0 Å². The van der Waals surface area contributed by atoms with Crippen LogP contribution in [-0.4, -0.2) is 28.9 Å². The highest BCUT2D eigenvalue weighted by molar-refractivity contribution is 6.35. The lowest BCUT2D eigenvalue weighted by molar-refractivity contribution is -0.138. The van der Waals surface area contributed by atoms with Crippen molar-refractivity contribution in [1.29, 1.82) is 0 Å². The van der Waals surface area contributed by atoms with Gasteiger partial charge >= 0.3 is 0 Å². The quantitative estimate of drug-likeness (QED) is 0.516. The summed E-state index contributed by atoms with van der Waals surface area (Å²) in [5.74, 6) is -1.03. The molecule has 0 radical (unpaired) electrons. The molecule has 1 rings (SSSR count). The van der Waals surface area contributed by atoms with Gasteiger partial charge < -0.3 is 10.4 Å². The molecule has 11 heavy (non-hydrogen) atoms. The van der Waals surface area contributed by atoms with Crippen LogP contribution in [0, 0.1) is 0 Å². The Morgan fingerprint density at radius 2 is 2.00 bits per heavy atom. The lowest BCUT2D eigenvalue weighted by Crippen LogP contribution is -2.48. The van der Waals surface area contributed by atoms with Crippen LogP contribution in [-0.2, 0) is 9.59 Å². The smallest absolute Gasteiger partial charge is 0.287 e. The molecule has 1 aliphatic carbocycles. The minimum Gasteiger partial charge on any atom is -0.393 e. The van der Waals surface area contributed by atoms with Gasteiger partial charge in [0.2, 0.25) is 5.78 Å². The third kappa shape index (κ3) is 2.01. The third-order valence-electron chi connectivity index (χ3n) is 1.77. The van der Waals surface area contributed by atoms with Crippen LogP contribution in [0.2, 0.25) is 0 Å². The monoisotopic (exact) mass is 157 g/mol. The average molecular weight is 157 g/mol. The zero-order chi connectivity index (χ0) is 8.43. The highest BCUT2D eigenvalue weighted by Gasteiger charge is 2.28. The number of hydrogen-bond donors (Lipinski definition) is 2. The maximum atomic E-state index is 10.7. The standard InChI is InChI=1S/C7H11NO3/c1-4(9)7(11)8-5-2-6(10)3-5/h5-6,10H,2-3H2,1H3,(H,8,11). The number of nitrogens with one attached hydrogen (secondary N) is 1. The largest absolute Gasteiger partial charge is 0.393 e. The number of hydrogen-bond acceptors (Lipinski definition) is 3. The number of aliphatic hydroxyl groups is 1. The Labute approximate surface area is 64.6 Å². The molecule has 0 aromatic heterocycles. The van der Waals surface area contributed by atoms with E-state index in [9.17, 15) is 9.59 Å². The second-order valence-corrected chi connectivity index (χ2v) is 2.85. The van der Waals surface area contributed by atoms with E-state index in [1.165, 1.54) is 6.92 Å². The molecule has 0 bridgehead atoms. The molecular formula is C7H11NO3. The van der Waals surface area contributed by atoms with Crippen molar-refractivity contribution in [2.75, 3.05) is 0 Å². The molecule has 0 unspecified atom stereocenters. The number of amides is 1. The van der Waals surface area contributed by atoms with E-state index in [4.69, 9.17) is 5.11 Å². The molecule has 1 fully saturated rings. The average Bonchev–Trinajstić information content (AvgIpc) is 1.84. The van der Waals surface area contributed by atoms with Crippen LogP contribution >= 0.6 is 0 Å². The van der Waals surface area contributed by atoms with Crippen molar-refractivity contribution in [2.45, 2.75) is 31.9 Å². The first kappa shape index (κ1) is 8.20. The molecule has 1 saturated carbocycles. The fraction of sp³-hybridized carbons (Fsp3) is 0.714. The lowest BCUT2D eigenvalue weighted by Gasteiger charge is -2.31. The van der Waals surface area contributed by atoms with Gasteiger partial charge in [-0.1, -0.05) is 0 Å². The van der Waals surface area contributed by atoms with Gasteiger partial charge in [0.15, 0.2) is 0 Å². The van der Waals surface area contributed by atoms with E-state index in [0.717, 1.165) is 0 Å². The molecule has 0 aromatic carbocycles. The Morgan fingerprint density at radius 1 is 1.45 bits per heavy atom. The van der Waals surface area contributed by atoms with Gasteiger partial charge in [-0.05, 0) is 12.8 Å². The molecule has 0 saturated heterocycles. The van der Waals surface area contributed by atoms with Gasteiger partial charge in [0.25, 0.3) is 5.91 Å². The maximum absolute atomic E-state index is 10.7. The predicted molar refractivity (Wildman–Crippen MR) is 37.9 cm³/mol. The first-order chi connectivity index (χ1) is 5.09. The minimum absolute atomic E-state index is 0.00130. The van der Waals surface area contributed by atoms with Gasteiger partial charge in [0, 0.05) is 13.0 Å². The molecule has 0 atom stereocenters. The molecule has 1 aliphatic rings. The normalized spacial score (nSPS) is 28.9. The molecule has 0 heterocycles. The number of ketones is 1. The highest BCUT2D eigenvalue weighted by Crippen LogP contribution is 2.18. The molecule has 0 aliphatic heterocycles. The molecule has 1 amide bonds. The summed E-state index contributed by atoms with van der Waals surface area (Å²) >= 11 is 0. The zero-order valence-corrected chi connectivity index (χ0v) is 6.33. The van der Waals surface area contributed by atoms with Crippen LogP contribution in [0.1, 0.15) is 19.8 Å². The molecule has 2 N–H and O–H groups in total. The van der Waals surface area contributed by atoms with Crippen molar-refractivity contribution in [1.82, 2.24) is 5.32 Å². The minimum atomic E-state index is -0.554. The molecular weight excluding hydrogens is 146 g/mol. The highest BCUT2D eigenvalue weighted by atomic mass is 16.3. The number of Topliss-reactive ketones (excluding diaryl/α,β-unsaturated/α-hetero) is 1. The van der Waals surface area contributed by atoms with Crippen molar-refractivity contribution in [3.63, 3.8) is 0 Å². The first-order valence-electron chi connectivity index (χ1n) is 3.59. The van der Waals surface area contributed by atoms with Crippen LogP contribution in [0.25, 0.3) is 0 Å². The van der Waals surface area contributed by atoms with Crippen molar-refractivity contribution >= 4 is 11.7 Å². The summed E-state index contributed by atoms with van der Waals surface area (Å²) in [6.45, 7) is 1.23. The Kier molecular flexibility index (Phi) is 2.24. The van der Waals surface area contributed by atoms with Gasteiger partial charge in [-0.25, -0.2) is 0 Å². The topological polar surface area (TPSA) is 66.4 Å². The fourth-order valence-corrected chi connectivity index (χ4v) is 0.993. The van der Waals surface area contributed by atoms with Crippen LogP contribution in [0.3, 0.4) is 0 Å². The second kappa shape index (κ2) is 3.00. The lowest BCUT2D eigenvalue weighted by atomic mass is 9.89. The molecule has 62 valence electrons. The van der Waals surface area contributed by atoms with E-state index < -0.39 is 11.7 Å². The zero-order valence-electron chi connectivity index (χ0n) is 6.33. The van der Waals surface area contributed by atoms with Gasteiger partial charge in [-0.3, -0.25) is 9.59 Å². The van der Waals surface area contributed by atoms with E-state index in [-0.39, 0.29) is 12.1 Å². The van der Waals surface area contributed by atoms with Crippen LogP contribution in [0.5, 0.6) is 0 Å². The van der Waals surface area contributed by atoms with E-state index in [0.29, 0.717) is 12.8 Å². The summed E-state index contributed by atoms with van der Waals surface area (Å²) in [4.78, 5) is 21.1. The van der Waals surface area contributed by atoms with Crippen molar-refractivity contribution in [3.05, 3.63) is 0 Å². The summed E-state index contributed by atoms with van der Waals surface area (Å²) in [6.07, 6.45) is 0.838. The first-order valence-corrected chi connectivity index (χ1v) is 3.59. The van der Waals surface area contributed by atoms with E-state index in [2.05, 4.69) is 5.32 Å². The summed E-state index contributed by atoms with van der Waals surface area (Å²) in [5, 5.41) is 11.3. The van der Waals surface area contributed by atoms with Gasteiger partial charge in [-0.15, -0.1) is 0 Å². The summed E-state index contributed by atoms with van der Waals surface area (Å²) in [6, 6.07) is 0.00130. The molecule has 0 spiro atoms. The van der Waals surface area contributed by atoms with Gasteiger partial charge in [-0.2, -0.15) is 0 Å². The molecule has 4 nitrogen and oxygen atoms in total. The van der Waals surface area contributed by atoms with E-state index >= 15 is 0 Å². The SMILES string of the molecule is CC(=O)C(=O)NC1CC(O)C1. The number of aliphatic hydroxyl groups excluding tert-OH is 1. The summed E-state index contributed by atoms with van der Waals surface area (Å²) in [5.41, 5.74) is 0. The fourth-order valence-electron chi connectivity index (χ4n) is 0.993. The van der Waals surface area contributed by atoms with Crippen molar-refractivity contribution < 1.29 is 14.7 Å². The van der Waals surface area contributed by atoms with Crippen LogP contribution in [0.15, 0.2) is 0 Å². The van der Waals surface area contributed by atoms with Gasteiger partial charge in [0.1, 0.15) is 0 Å². The predicted octanol–water partition coefficient (Wildman–Crippen LogP) is -0.785. The van der Waals surface area contributed by atoms with Crippen LogP contribution < -0.4 is 5.32 Å². The van der Waals surface area contributed by atoms with E-state index in [1.807, 2.05) is 0 Å². The number of rotatable bonds is 2. The maximum Gasteiger partial charge on any atom is 0.287 e. The number of carbonyl (C=O) groups is 2. The van der Waals surface area contributed by atoms with Gasteiger partial charge in [0.05, 0.1) is 6.10 Å².